The van der Waals surface area contributed by atoms with Crippen LogP contribution >= 0.6 is 0 Å². The lowest BCUT2D eigenvalue weighted by Crippen LogP contribution is -2.50. The second-order valence-corrected chi connectivity index (χ2v) is 10.5. The summed E-state index contributed by atoms with van der Waals surface area (Å²) in [7, 11) is -1.90. The Bertz CT molecular complexity index is 1040. The molecule has 1 amide bonds. The van der Waals surface area contributed by atoms with Crippen LogP contribution in [-0.4, -0.2) is 65.2 Å². The molecule has 9 heteroatoms. The minimum Gasteiger partial charge on any atom is -0.497 e. The first-order valence-corrected chi connectivity index (χ1v) is 13.3. The van der Waals surface area contributed by atoms with Crippen LogP contribution in [0.4, 0.5) is 5.69 Å². The Balaban J connectivity index is 1.24. The Hall–Kier alpha value is -2.78. The normalized spacial score (nSPS) is 17.4. The van der Waals surface area contributed by atoms with Gasteiger partial charge in [-0.25, -0.2) is 13.1 Å². The summed E-state index contributed by atoms with van der Waals surface area (Å²) in [6.07, 6.45) is 5.06. The fraction of sp³-hybridized carbons (Fsp3) is 0.480. The van der Waals surface area contributed by atoms with Gasteiger partial charge in [0.2, 0.25) is 10.0 Å². The molecule has 1 heterocycles. The van der Waals surface area contributed by atoms with Crippen LogP contribution in [-0.2, 0) is 14.8 Å². The first kappa shape index (κ1) is 24.3. The number of methoxy groups -OCH3 is 1. The molecule has 0 unspecified atom stereocenters. The van der Waals surface area contributed by atoms with E-state index in [2.05, 4.69) is 9.62 Å². The van der Waals surface area contributed by atoms with E-state index in [-0.39, 0.29) is 23.5 Å². The zero-order valence-corrected chi connectivity index (χ0v) is 20.4. The van der Waals surface area contributed by atoms with Crippen molar-refractivity contribution >= 4 is 21.6 Å². The molecule has 0 spiro atoms. The van der Waals surface area contributed by atoms with Crippen molar-refractivity contribution in [1.29, 1.82) is 0 Å². The van der Waals surface area contributed by atoms with Gasteiger partial charge in [0.05, 0.1) is 12.0 Å². The smallest absolute Gasteiger partial charge is 0.260 e. The lowest BCUT2D eigenvalue weighted by molar-refractivity contribution is -0.133. The maximum atomic E-state index is 12.6. The second-order valence-electron chi connectivity index (χ2n) is 8.78. The summed E-state index contributed by atoms with van der Waals surface area (Å²) >= 11 is 0. The topological polar surface area (TPSA) is 88.2 Å². The third-order valence-corrected chi connectivity index (χ3v) is 8.03. The molecule has 1 aliphatic carbocycles. The maximum Gasteiger partial charge on any atom is 0.260 e. The summed E-state index contributed by atoms with van der Waals surface area (Å²) in [5.41, 5.74) is 1.11. The van der Waals surface area contributed by atoms with Gasteiger partial charge in [0.25, 0.3) is 5.91 Å². The Kier molecular flexibility index (Phi) is 7.95. The average molecular weight is 488 g/mol. The van der Waals surface area contributed by atoms with Crippen LogP contribution in [0.3, 0.4) is 0 Å². The number of carbonyl (C=O) groups excluding carboxylic acids is 1. The third kappa shape index (κ3) is 6.21. The van der Waals surface area contributed by atoms with E-state index >= 15 is 0 Å². The quantitative estimate of drug-likeness (QED) is 0.616. The maximum absolute atomic E-state index is 12.6. The molecule has 0 bridgehead atoms. The number of anilines is 1. The molecule has 4 rings (SSSR count). The summed E-state index contributed by atoms with van der Waals surface area (Å²) in [5.74, 6) is 1.22. The molecule has 8 nitrogen and oxygen atoms in total. The highest BCUT2D eigenvalue weighted by Gasteiger charge is 2.23. The standard InChI is InChI=1S/C25H33N3O5S/c1-32-22-9-7-21(8-10-22)27-15-17-28(18-16-27)25(29)19-33-23-11-13-24(14-12-23)34(30,31)26-20-5-3-2-4-6-20/h7-14,20,26H,2-6,15-19H2,1H3. The number of amides is 1. The summed E-state index contributed by atoms with van der Waals surface area (Å²) in [6, 6.07) is 14.2. The second kappa shape index (κ2) is 11.1. The Morgan fingerprint density at radius 3 is 2.15 bits per heavy atom. The number of benzene rings is 2. The van der Waals surface area contributed by atoms with E-state index in [0.717, 1.165) is 50.2 Å². The van der Waals surface area contributed by atoms with Crippen molar-refractivity contribution in [3.05, 3.63) is 48.5 Å². The summed E-state index contributed by atoms with van der Waals surface area (Å²) < 4.78 is 38.9. The molecule has 1 saturated carbocycles. The van der Waals surface area contributed by atoms with E-state index < -0.39 is 10.0 Å². The van der Waals surface area contributed by atoms with Crippen molar-refractivity contribution in [2.75, 3.05) is 44.8 Å². The zero-order chi connectivity index (χ0) is 24.0. The van der Waals surface area contributed by atoms with E-state index in [4.69, 9.17) is 9.47 Å². The lowest BCUT2D eigenvalue weighted by atomic mass is 9.96. The predicted octanol–water partition coefficient (Wildman–Crippen LogP) is 3.03. The highest BCUT2D eigenvalue weighted by molar-refractivity contribution is 7.89. The van der Waals surface area contributed by atoms with E-state index in [1.54, 1.807) is 24.1 Å². The molecule has 2 aromatic rings. The molecule has 2 aliphatic rings. The molecule has 1 N–H and O–H groups in total. The molecule has 34 heavy (non-hydrogen) atoms. The van der Waals surface area contributed by atoms with E-state index in [1.165, 1.54) is 18.6 Å². The van der Waals surface area contributed by atoms with Gasteiger partial charge in [0, 0.05) is 37.9 Å². The van der Waals surface area contributed by atoms with Crippen molar-refractivity contribution in [3.8, 4) is 11.5 Å². The Labute approximate surface area is 201 Å². The number of rotatable bonds is 8. The van der Waals surface area contributed by atoms with Gasteiger partial charge in [0.15, 0.2) is 6.61 Å². The van der Waals surface area contributed by atoms with Crippen LogP contribution in [0.15, 0.2) is 53.4 Å². The van der Waals surface area contributed by atoms with Gasteiger partial charge in [0.1, 0.15) is 11.5 Å². The number of nitrogens with one attached hydrogen (secondary N) is 1. The number of sulfonamides is 1. The summed E-state index contributed by atoms with van der Waals surface area (Å²) in [5, 5.41) is 0. The molecule has 0 aromatic heterocycles. The molecule has 1 aliphatic heterocycles. The highest BCUT2D eigenvalue weighted by Crippen LogP contribution is 2.22. The summed E-state index contributed by atoms with van der Waals surface area (Å²) in [4.78, 5) is 16.9. The Morgan fingerprint density at radius 2 is 1.53 bits per heavy atom. The minimum atomic E-state index is -3.55. The molecule has 1 saturated heterocycles. The van der Waals surface area contributed by atoms with Gasteiger partial charge < -0.3 is 19.3 Å². The van der Waals surface area contributed by atoms with Crippen molar-refractivity contribution in [1.82, 2.24) is 9.62 Å². The van der Waals surface area contributed by atoms with Gasteiger partial charge in [-0.2, -0.15) is 0 Å². The van der Waals surface area contributed by atoms with Gasteiger partial charge in [-0.3, -0.25) is 4.79 Å². The minimum absolute atomic E-state index is 0.0116. The van der Waals surface area contributed by atoms with Crippen molar-refractivity contribution in [3.63, 3.8) is 0 Å². The van der Waals surface area contributed by atoms with E-state index in [1.807, 2.05) is 24.3 Å². The van der Waals surface area contributed by atoms with E-state index in [0.29, 0.717) is 18.8 Å². The molecule has 0 radical (unpaired) electrons. The first-order chi connectivity index (χ1) is 16.4. The number of carbonyl (C=O) groups is 1. The largest absolute Gasteiger partial charge is 0.497 e. The number of hydrogen-bond donors (Lipinski definition) is 1. The van der Waals surface area contributed by atoms with Gasteiger partial charge in [-0.1, -0.05) is 19.3 Å². The molecular formula is C25H33N3O5S. The van der Waals surface area contributed by atoms with Crippen LogP contribution in [0.25, 0.3) is 0 Å². The van der Waals surface area contributed by atoms with Crippen LogP contribution in [0.2, 0.25) is 0 Å². The van der Waals surface area contributed by atoms with Gasteiger partial charge >= 0.3 is 0 Å². The van der Waals surface area contributed by atoms with Gasteiger partial charge in [-0.05, 0) is 61.4 Å². The fourth-order valence-electron chi connectivity index (χ4n) is 4.47. The highest BCUT2D eigenvalue weighted by atomic mass is 32.2. The number of piperazine rings is 1. The van der Waals surface area contributed by atoms with Crippen molar-refractivity contribution in [2.45, 2.75) is 43.0 Å². The van der Waals surface area contributed by atoms with Crippen molar-refractivity contribution < 1.29 is 22.7 Å². The number of nitrogens with zero attached hydrogens (tertiary/aromatic N) is 2. The molecular weight excluding hydrogens is 454 g/mol. The monoisotopic (exact) mass is 487 g/mol. The average Bonchev–Trinajstić information content (AvgIpc) is 2.88. The third-order valence-electron chi connectivity index (χ3n) is 6.49. The molecule has 2 aromatic carbocycles. The SMILES string of the molecule is COc1ccc(N2CCN(C(=O)COc3ccc(S(=O)(=O)NC4CCCCC4)cc3)CC2)cc1. The predicted molar refractivity (Wildman–Crippen MR) is 131 cm³/mol. The molecule has 0 atom stereocenters. The number of ether oxygens (including phenoxy) is 2. The molecule has 2 fully saturated rings. The van der Waals surface area contributed by atoms with E-state index in [9.17, 15) is 13.2 Å². The number of hydrogen-bond acceptors (Lipinski definition) is 6. The Morgan fingerprint density at radius 1 is 0.912 bits per heavy atom. The molecule has 184 valence electrons. The van der Waals surface area contributed by atoms with Crippen LogP contribution in [0, 0.1) is 0 Å². The zero-order valence-electron chi connectivity index (χ0n) is 19.6. The van der Waals surface area contributed by atoms with Crippen LogP contribution < -0.4 is 19.1 Å². The lowest BCUT2D eigenvalue weighted by Gasteiger charge is -2.36. The fourth-order valence-corrected chi connectivity index (χ4v) is 5.77. The van der Waals surface area contributed by atoms with Crippen molar-refractivity contribution in [2.24, 2.45) is 0 Å². The van der Waals surface area contributed by atoms with Crippen LogP contribution in [0.5, 0.6) is 11.5 Å². The van der Waals surface area contributed by atoms with Gasteiger partial charge in [-0.15, -0.1) is 0 Å². The van der Waals surface area contributed by atoms with Crippen LogP contribution in [0.1, 0.15) is 32.1 Å². The first-order valence-electron chi connectivity index (χ1n) is 11.9. The summed E-state index contributed by atoms with van der Waals surface area (Å²) in [6.45, 7) is 2.67.